The van der Waals surface area contributed by atoms with Gasteiger partial charge in [-0.2, -0.15) is 0 Å². The topological polar surface area (TPSA) is 47.6 Å². The predicted molar refractivity (Wildman–Crippen MR) is 62.5 cm³/mol. The summed E-state index contributed by atoms with van der Waals surface area (Å²) in [5.41, 5.74) is 1.49. The monoisotopic (exact) mass is 223 g/mol. The number of aryl methyl sites for hydroxylation is 1. The predicted octanol–water partition coefficient (Wildman–Crippen LogP) is 1.41. The van der Waals surface area contributed by atoms with Crippen LogP contribution in [0.2, 0.25) is 0 Å². The molecule has 1 N–H and O–H groups in total. The molecule has 4 nitrogen and oxygen atoms in total. The van der Waals surface area contributed by atoms with Crippen molar-refractivity contribution in [1.29, 1.82) is 0 Å². The number of likely N-dealkylation sites (N-methyl/N-ethyl adjacent to an activating group) is 1. The first-order valence-electron chi connectivity index (χ1n) is 5.04. The summed E-state index contributed by atoms with van der Waals surface area (Å²) in [6, 6.07) is 3.65. The third kappa shape index (κ3) is 2.52. The Kier molecular flexibility index (Phi) is 4.31. The van der Waals surface area contributed by atoms with Gasteiger partial charge in [0.15, 0.2) is 5.78 Å². The van der Waals surface area contributed by atoms with Crippen LogP contribution in [0.5, 0.6) is 11.5 Å². The van der Waals surface area contributed by atoms with Crippen molar-refractivity contribution in [2.75, 3.05) is 27.8 Å². The molecule has 0 aliphatic heterocycles. The maximum Gasteiger partial charge on any atom is 0.184 e. The lowest BCUT2D eigenvalue weighted by Gasteiger charge is -2.13. The minimum Gasteiger partial charge on any atom is -0.496 e. The molecule has 0 atom stereocenters. The van der Waals surface area contributed by atoms with Gasteiger partial charge in [0.2, 0.25) is 0 Å². The van der Waals surface area contributed by atoms with Gasteiger partial charge >= 0.3 is 0 Å². The van der Waals surface area contributed by atoms with Crippen LogP contribution < -0.4 is 14.8 Å². The largest absolute Gasteiger partial charge is 0.496 e. The molecular formula is C12H17NO3. The minimum atomic E-state index is -0.0452. The Labute approximate surface area is 95.6 Å². The van der Waals surface area contributed by atoms with Crippen molar-refractivity contribution in [3.63, 3.8) is 0 Å². The minimum absolute atomic E-state index is 0.0452. The Bertz CT molecular complexity index is 363. The number of rotatable bonds is 5. The van der Waals surface area contributed by atoms with E-state index in [9.17, 15) is 4.79 Å². The fourth-order valence-corrected chi connectivity index (χ4v) is 1.57. The number of hydrogen-bond acceptors (Lipinski definition) is 4. The van der Waals surface area contributed by atoms with Gasteiger partial charge in [0.25, 0.3) is 0 Å². The number of hydrogen-bond donors (Lipinski definition) is 1. The molecule has 1 rings (SSSR count). The van der Waals surface area contributed by atoms with Crippen LogP contribution in [-0.4, -0.2) is 33.6 Å². The molecule has 0 aliphatic carbocycles. The van der Waals surface area contributed by atoms with E-state index in [0.29, 0.717) is 17.1 Å². The molecule has 0 aromatic heterocycles. The van der Waals surface area contributed by atoms with Crippen LogP contribution in [0.1, 0.15) is 15.9 Å². The summed E-state index contributed by atoms with van der Waals surface area (Å²) >= 11 is 0. The van der Waals surface area contributed by atoms with Gasteiger partial charge in [-0.05, 0) is 31.7 Å². The molecule has 1 aromatic carbocycles. The second-order valence-electron chi connectivity index (χ2n) is 3.50. The lowest BCUT2D eigenvalue weighted by Crippen LogP contribution is -2.20. The number of benzene rings is 1. The van der Waals surface area contributed by atoms with Gasteiger partial charge < -0.3 is 14.8 Å². The molecule has 0 saturated carbocycles. The molecule has 0 amide bonds. The van der Waals surface area contributed by atoms with Gasteiger partial charge in [0.05, 0.1) is 20.8 Å². The first kappa shape index (κ1) is 12.5. The average molecular weight is 223 g/mol. The zero-order chi connectivity index (χ0) is 12.1. The van der Waals surface area contributed by atoms with Gasteiger partial charge in [0.1, 0.15) is 17.1 Å². The number of carbonyl (C=O) groups excluding carboxylic acids is 1. The van der Waals surface area contributed by atoms with Crippen LogP contribution in [0.4, 0.5) is 0 Å². The first-order chi connectivity index (χ1) is 7.63. The summed E-state index contributed by atoms with van der Waals surface area (Å²) in [5, 5.41) is 2.82. The summed E-state index contributed by atoms with van der Waals surface area (Å²) in [7, 11) is 4.82. The molecule has 16 heavy (non-hydrogen) atoms. The van der Waals surface area contributed by atoms with Crippen LogP contribution in [0.3, 0.4) is 0 Å². The SMILES string of the molecule is CNCC(=O)c1c(OC)cc(C)cc1OC. The molecule has 0 saturated heterocycles. The maximum atomic E-state index is 11.9. The van der Waals surface area contributed by atoms with E-state index in [1.807, 2.05) is 19.1 Å². The summed E-state index contributed by atoms with van der Waals surface area (Å²) in [5.74, 6) is 1.06. The van der Waals surface area contributed by atoms with Crippen molar-refractivity contribution in [3.8, 4) is 11.5 Å². The third-order valence-corrected chi connectivity index (χ3v) is 2.27. The van der Waals surface area contributed by atoms with E-state index in [1.54, 1.807) is 21.3 Å². The number of nitrogens with one attached hydrogen (secondary N) is 1. The van der Waals surface area contributed by atoms with E-state index >= 15 is 0 Å². The van der Waals surface area contributed by atoms with Crippen LogP contribution in [0.15, 0.2) is 12.1 Å². The van der Waals surface area contributed by atoms with E-state index in [0.717, 1.165) is 5.56 Å². The molecule has 4 heteroatoms. The van der Waals surface area contributed by atoms with Gasteiger partial charge in [-0.25, -0.2) is 0 Å². The van der Waals surface area contributed by atoms with Crippen molar-refractivity contribution >= 4 is 5.78 Å². The zero-order valence-corrected chi connectivity index (χ0v) is 10.1. The van der Waals surface area contributed by atoms with Gasteiger partial charge in [0, 0.05) is 0 Å². The Morgan fingerprint density at radius 1 is 1.25 bits per heavy atom. The van der Waals surface area contributed by atoms with Crippen molar-refractivity contribution in [2.45, 2.75) is 6.92 Å². The highest BCUT2D eigenvalue weighted by molar-refractivity contribution is 6.02. The van der Waals surface area contributed by atoms with E-state index in [1.165, 1.54) is 0 Å². The third-order valence-electron chi connectivity index (χ3n) is 2.27. The van der Waals surface area contributed by atoms with Crippen molar-refractivity contribution in [3.05, 3.63) is 23.3 Å². The average Bonchev–Trinajstić information content (AvgIpc) is 2.27. The molecule has 0 spiro atoms. The lowest BCUT2D eigenvalue weighted by molar-refractivity contribution is 0.0987. The summed E-state index contributed by atoms with van der Waals surface area (Å²) in [4.78, 5) is 11.9. The van der Waals surface area contributed by atoms with Crippen molar-refractivity contribution < 1.29 is 14.3 Å². The number of Topliss-reactive ketones (excluding diaryl/α,β-unsaturated/α-hetero) is 1. The Balaban J connectivity index is 3.27. The van der Waals surface area contributed by atoms with E-state index < -0.39 is 0 Å². The molecule has 0 aliphatic rings. The van der Waals surface area contributed by atoms with E-state index in [-0.39, 0.29) is 12.3 Å². The van der Waals surface area contributed by atoms with Gasteiger partial charge in [-0.3, -0.25) is 4.79 Å². The highest BCUT2D eigenvalue weighted by atomic mass is 16.5. The van der Waals surface area contributed by atoms with Crippen LogP contribution in [-0.2, 0) is 0 Å². The molecule has 0 radical (unpaired) electrons. The van der Waals surface area contributed by atoms with Crippen LogP contribution in [0, 0.1) is 6.92 Å². The number of methoxy groups -OCH3 is 2. The standard InChI is InChI=1S/C12H17NO3/c1-8-5-10(15-3)12(9(14)7-13-2)11(6-8)16-4/h5-6,13H,7H2,1-4H3. The molecule has 0 unspecified atom stereocenters. The van der Waals surface area contributed by atoms with Crippen LogP contribution >= 0.6 is 0 Å². The Morgan fingerprint density at radius 2 is 1.75 bits per heavy atom. The summed E-state index contributed by atoms with van der Waals surface area (Å²) < 4.78 is 10.4. The molecule has 0 bridgehead atoms. The Morgan fingerprint density at radius 3 is 2.12 bits per heavy atom. The zero-order valence-electron chi connectivity index (χ0n) is 10.1. The fourth-order valence-electron chi connectivity index (χ4n) is 1.57. The number of ether oxygens (including phenoxy) is 2. The molecule has 88 valence electrons. The highest BCUT2D eigenvalue weighted by Gasteiger charge is 2.18. The highest BCUT2D eigenvalue weighted by Crippen LogP contribution is 2.30. The van der Waals surface area contributed by atoms with Crippen molar-refractivity contribution in [1.82, 2.24) is 5.32 Å². The number of carbonyl (C=O) groups is 1. The smallest absolute Gasteiger partial charge is 0.184 e. The molecule has 1 aromatic rings. The molecular weight excluding hydrogens is 206 g/mol. The summed E-state index contributed by atoms with van der Waals surface area (Å²) in [6.45, 7) is 2.19. The summed E-state index contributed by atoms with van der Waals surface area (Å²) in [6.07, 6.45) is 0. The normalized spacial score (nSPS) is 10.0. The van der Waals surface area contributed by atoms with Gasteiger partial charge in [-0.15, -0.1) is 0 Å². The van der Waals surface area contributed by atoms with Crippen molar-refractivity contribution in [2.24, 2.45) is 0 Å². The number of ketones is 1. The second-order valence-corrected chi connectivity index (χ2v) is 3.50. The van der Waals surface area contributed by atoms with E-state index in [4.69, 9.17) is 9.47 Å². The molecule has 0 fully saturated rings. The maximum absolute atomic E-state index is 11.9. The first-order valence-corrected chi connectivity index (χ1v) is 5.04. The lowest BCUT2D eigenvalue weighted by atomic mass is 10.1. The molecule has 0 heterocycles. The van der Waals surface area contributed by atoms with E-state index in [2.05, 4.69) is 5.32 Å². The second kappa shape index (κ2) is 5.51. The van der Waals surface area contributed by atoms with Crippen LogP contribution in [0.25, 0.3) is 0 Å². The van der Waals surface area contributed by atoms with Gasteiger partial charge in [-0.1, -0.05) is 0 Å². The quantitative estimate of drug-likeness (QED) is 0.767. The fraction of sp³-hybridized carbons (Fsp3) is 0.417. The Hall–Kier alpha value is -1.55.